The van der Waals surface area contributed by atoms with Crippen molar-refractivity contribution >= 4 is 55.0 Å². The van der Waals surface area contributed by atoms with Crippen molar-refractivity contribution in [3.63, 3.8) is 0 Å². The number of likely N-dealkylation sites (tertiary alicyclic amines) is 1. The number of aromatic nitrogens is 1. The number of methoxy groups -OCH3 is 1. The van der Waals surface area contributed by atoms with E-state index in [1.807, 2.05) is 35.2 Å². The van der Waals surface area contributed by atoms with Crippen LogP contribution >= 0.6 is 38.9 Å². The van der Waals surface area contributed by atoms with E-state index in [0.29, 0.717) is 34.6 Å². The largest absolute Gasteiger partial charge is 0.497 e. The van der Waals surface area contributed by atoms with Gasteiger partial charge in [-0.15, -0.1) is 0 Å². The van der Waals surface area contributed by atoms with Crippen molar-refractivity contribution in [3.05, 3.63) is 51.5 Å². The molecule has 0 saturated carbocycles. The lowest BCUT2D eigenvalue weighted by Crippen LogP contribution is -2.41. The standard InChI is InChI=1S/C20H18BrClN2O3S/c1-26-13-5-6-15(21)14(11-13)19(25)24-9-7-12(8-10-24)27-20-23-18-16(22)3-2-4-17(18)28-20/h2-6,11-12H,7-10H2,1H3. The lowest BCUT2D eigenvalue weighted by Gasteiger charge is -2.32. The highest BCUT2D eigenvalue weighted by molar-refractivity contribution is 9.10. The van der Waals surface area contributed by atoms with Gasteiger partial charge in [0.25, 0.3) is 11.1 Å². The van der Waals surface area contributed by atoms with E-state index in [1.165, 1.54) is 11.3 Å². The summed E-state index contributed by atoms with van der Waals surface area (Å²) in [6.45, 7) is 1.28. The number of carbonyl (C=O) groups excluding carboxylic acids is 1. The Hall–Kier alpha value is -1.83. The second-order valence-corrected chi connectivity index (χ2v) is 8.78. The van der Waals surface area contributed by atoms with Crippen molar-refractivity contribution in [2.45, 2.75) is 18.9 Å². The summed E-state index contributed by atoms with van der Waals surface area (Å²) in [5.41, 5.74) is 1.39. The molecule has 3 aromatic rings. The van der Waals surface area contributed by atoms with E-state index in [2.05, 4.69) is 20.9 Å². The lowest BCUT2D eigenvalue weighted by molar-refractivity contribution is 0.0594. The summed E-state index contributed by atoms with van der Waals surface area (Å²) in [4.78, 5) is 19.2. The molecule has 146 valence electrons. The summed E-state index contributed by atoms with van der Waals surface area (Å²) in [5.74, 6) is 0.662. The molecule has 8 heteroatoms. The van der Waals surface area contributed by atoms with Gasteiger partial charge in [-0.1, -0.05) is 29.0 Å². The maximum Gasteiger partial charge on any atom is 0.274 e. The van der Waals surface area contributed by atoms with Gasteiger partial charge in [0.2, 0.25) is 0 Å². The lowest BCUT2D eigenvalue weighted by atomic mass is 10.1. The number of para-hydroxylation sites is 1. The van der Waals surface area contributed by atoms with Gasteiger partial charge in [0.15, 0.2) is 0 Å². The van der Waals surface area contributed by atoms with Crippen molar-refractivity contribution in [2.75, 3.05) is 20.2 Å². The number of benzene rings is 2. The first kappa shape index (κ1) is 19.5. The molecule has 1 saturated heterocycles. The van der Waals surface area contributed by atoms with E-state index >= 15 is 0 Å². The molecule has 2 heterocycles. The van der Waals surface area contributed by atoms with Crippen molar-refractivity contribution < 1.29 is 14.3 Å². The van der Waals surface area contributed by atoms with Gasteiger partial charge in [0.05, 0.1) is 22.4 Å². The van der Waals surface area contributed by atoms with E-state index in [-0.39, 0.29) is 12.0 Å². The maximum atomic E-state index is 12.9. The number of nitrogens with zero attached hydrogens (tertiary/aromatic N) is 2. The first-order chi connectivity index (χ1) is 13.5. The fourth-order valence-electron chi connectivity index (χ4n) is 3.23. The van der Waals surface area contributed by atoms with Crippen LogP contribution in [0.15, 0.2) is 40.9 Å². The zero-order valence-corrected chi connectivity index (χ0v) is 18.3. The molecule has 0 aliphatic carbocycles. The molecule has 1 aliphatic rings. The van der Waals surface area contributed by atoms with Gasteiger partial charge < -0.3 is 14.4 Å². The summed E-state index contributed by atoms with van der Waals surface area (Å²) in [7, 11) is 1.59. The van der Waals surface area contributed by atoms with Gasteiger partial charge in [-0.05, 0) is 46.3 Å². The third kappa shape index (κ3) is 3.97. The van der Waals surface area contributed by atoms with Gasteiger partial charge >= 0.3 is 0 Å². The molecule has 5 nitrogen and oxygen atoms in total. The monoisotopic (exact) mass is 480 g/mol. The molecule has 1 aromatic heterocycles. The Kier molecular flexibility index (Phi) is 5.75. The van der Waals surface area contributed by atoms with Crippen molar-refractivity contribution in [2.24, 2.45) is 0 Å². The normalized spacial score (nSPS) is 15.0. The highest BCUT2D eigenvalue weighted by Crippen LogP contribution is 2.33. The number of rotatable bonds is 4. The van der Waals surface area contributed by atoms with Crippen molar-refractivity contribution in [3.8, 4) is 10.9 Å². The Labute approximate surface area is 180 Å². The first-order valence-electron chi connectivity index (χ1n) is 8.89. The molecule has 0 unspecified atom stereocenters. The number of hydrogen-bond donors (Lipinski definition) is 0. The molecule has 0 radical (unpaired) electrons. The summed E-state index contributed by atoms with van der Waals surface area (Å²) >= 11 is 11.1. The second-order valence-electron chi connectivity index (χ2n) is 6.52. The van der Waals surface area contributed by atoms with Crippen LogP contribution in [0, 0.1) is 0 Å². The molecule has 0 N–H and O–H groups in total. The minimum Gasteiger partial charge on any atom is -0.497 e. The van der Waals surface area contributed by atoms with E-state index in [0.717, 1.165) is 27.5 Å². The van der Waals surface area contributed by atoms with Gasteiger partial charge in [-0.25, -0.2) is 4.98 Å². The average molecular weight is 482 g/mol. The number of hydrogen-bond acceptors (Lipinski definition) is 5. The molecule has 0 spiro atoms. The summed E-state index contributed by atoms with van der Waals surface area (Å²) in [6.07, 6.45) is 1.56. The van der Waals surface area contributed by atoms with Crippen LogP contribution in [-0.4, -0.2) is 42.1 Å². The predicted octanol–water partition coefficient (Wildman–Crippen LogP) is 5.40. The molecule has 0 atom stereocenters. The van der Waals surface area contributed by atoms with E-state index in [9.17, 15) is 4.79 Å². The predicted molar refractivity (Wildman–Crippen MR) is 115 cm³/mol. The SMILES string of the molecule is COc1ccc(Br)c(C(=O)N2CCC(Oc3nc4c(Cl)cccc4s3)CC2)c1. The Balaban J connectivity index is 1.40. The molecule has 28 heavy (non-hydrogen) atoms. The van der Waals surface area contributed by atoms with Gasteiger partial charge in [-0.2, -0.15) is 0 Å². The minimum absolute atomic E-state index is 0.00371. The van der Waals surface area contributed by atoms with Crippen LogP contribution in [0.1, 0.15) is 23.2 Å². The molecule has 0 bridgehead atoms. The topological polar surface area (TPSA) is 51.7 Å². The summed E-state index contributed by atoms with van der Waals surface area (Å²) in [5, 5.41) is 1.26. The Morgan fingerprint density at radius 1 is 1.29 bits per heavy atom. The van der Waals surface area contributed by atoms with E-state index < -0.39 is 0 Å². The molecule has 1 amide bonds. The molecule has 4 rings (SSSR count). The van der Waals surface area contributed by atoms with Crippen molar-refractivity contribution in [1.29, 1.82) is 0 Å². The van der Waals surface area contributed by atoms with Crippen LogP contribution in [0.3, 0.4) is 0 Å². The quantitative estimate of drug-likeness (QED) is 0.500. The Morgan fingerprint density at radius 2 is 2.07 bits per heavy atom. The van der Waals surface area contributed by atoms with E-state index in [1.54, 1.807) is 13.2 Å². The summed E-state index contributed by atoms with van der Waals surface area (Å²) in [6, 6.07) is 11.1. The number of fused-ring (bicyclic) bond motifs is 1. The van der Waals surface area contributed by atoms with Crippen LogP contribution in [0.2, 0.25) is 5.02 Å². The summed E-state index contributed by atoms with van der Waals surface area (Å²) < 4.78 is 13.1. The van der Waals surface area contributed by atoms with Crippen molar-refractivity contribution in [1.82, 2.24) is 9.88 Å². The van der Waals surface area contributed by atoms with Crippen LogP contribution in [0.4, 0.5) is 0 Å². The third-order valence-electron chi connectivity index (χ3n) is 4.75. The number of piperidine rings is 1. The molecular weight excluding hydrogens is 464 g/mol. The molecule has 2 aromatic carbocycles. The number of ether oxygens (including phenoxy) is 2. The van der Waals surface area contributed by atoms with Crippen LogP contribution in [-0.2, 0) is 0 Å². The molecular formula is C20H18BrClN2O3S. The van der Waals surface area contributed by atoms with Gasteiger partial charge in [0.1, 0.15) is 17.4 Å². The smallest absolute Gasteiger partial charge is 0.274 e. The zero-order chi connectivity index (χ0) is 19.7. The van der Waals surface area contributed by atoms with Crippen LogP contribution in [0.5, 0.6) is 10.9 Å². The van der Waals surface area contributed by atoms with Crippen LogP contribution in [0.25, 0.3) is 10.2 Å². The number of thiazole rings is 1. The van der Waals surface area contributed by atoms with Gasteiger partial charge in [-0.3, -0.25) is 4.79 Å². The minimum atomic E-state index is -0.00371. The Morgan fingerprint density at radius 3 is 2.79 bits per heavy atom. The number of amides is 1. The average Bonchev–Trinajstić information content (AvgIpc) is 3.12. The fourth-order valence-corrected chi connectivity index (χ4v) is 4.83. The fraction of sp³-hybridized carbons (Fsp3) is 0.300. The Bertz CT molecular complexity index is 1020. The molecule has 1 fully saturated rings. The zero-order valence-electron chi connectivity index (χ0n) is 15.2. The number of halogens is 2. The molecule has 1 aliphatic heterocycles. The highest BCUT2D eigenvalue weighted by Gasteiger charge is 2.26. The van der Waals surface area contributed by atoms with E-state index in [4.69, 9.17) is 21.1 Å². The highest BCUT2D eigenvalue weighted by atomic mass is 79.9. The third-order valence-corrected chi connectivity index (χ3v) is 6.66. The first-order valence-corrected chi connectivity index (χ1v) is 10.9. The maximum absolute atomic E-state index is 12.9. The number of carbonyl (C=O) groups is 1. The van der Waals surface area contributed by atoms with Crippen LogP contribution < -0.4 is 9.47 Å². The van der Waals surface area contributed by atoms with Gasteiger partial charge in [0, 0.05) is 30.4 Å². The second kappa shape index (κ2) is 8.27.